The summed E-state index contributed by atoms with van der Waals surface area (Å²) in [6.45, 7) is 5.48. The number of rotatable bonds is 3. The van der Waals surface area contributed by atoms with Crippen LogP contribution in [0.3, 0.4) is 0 Å². The Morgan fingerprint density at radius 1 is 1.33 bits per heavy atom. The first kappa shape index (κ1) is 12.0. The molecule has 0 aromatic carbocycles. The summed E-state index contributed by atoms with van der Waals surface area (Å²) in [5.74, 6) is 0.456. The van der Waals surface area contributed by atoms with E-state index >= 15 is 0 Å². The first-order valence-electron chi connectivity index (χ1n) is 5.37. The maximum Gasteiger partial charge on any atom is 0.252 e. The summed E-state index contributed by atoms with van der Waals surface area (Å²) >= 11 is 0. The molecule has 0 radical (unpaired) electrons. The maximum atomic E-state index is 7.59. The van der Waals surface area contributed by atoms with Crippen molar-refractivity contribution in [3.05, 3.63) is 28.6 Å². The molecule has 0 bridgehead atoms. The molecule has 0 aliphatic rings. The molecule has 0 unspecified atom stereocenters. The normalized spacial score (nSPS) is 10.4. The van der Waals surface area contributed by atoms with Gasteiger partial charge in [0, 0.05) is 11.8 Å². The highest BCUT2D eigenvalue weighted by molar-refractivity contribution is 5.98. The molecule has 2 heterocycles. The Labute approximate surface area is 104 Å². The lowest BCUT2D eigenvalue weighted by Crippen LogP contribution is -2.16. The third kappa shape index (κ3) is 2.15. The molecular weight excluding hydrogens is 232 g/mol. The van der Waals surface area contributed by atoms with Gasteiger partial charge in [-0.15, -0.1) is 10.2 Å². The van der Waals surface area contributed by atoms with Gasteiger partial charge in [-0.3, -0.25) is 10.5 Å². The number of nitrogens with two attached hydrogens (primary N) is 1. The minimum absolute atomic E-state index is 0.104. The monoisotopic (exact) mass is 246 g/mol. The van der Waals surface area contributed by atoms with E-state index in [0.717, 1.165) is 11.3 Å². The van der Waals surface area contributed by atoms with Crippen LogP contribution in [0, 0.1) is 26.2 Å². The minimum Gasteiger partial charge on any atom is -0.417 e. The van der Waals surface area contributed by atoms with Gasteiger partial charge in [-0.05, 0) is 26.3 Å². The fourth-order valence-corrected chi connectivity index (χ4v) is 1.52. The number of hydrogen-bond donors (Lipinski definition) is 3. The van der Waals surface area contributed by atoms with Crippen molar-refractivity contribution >= 4 is 5.84 Å². The van der Waals surface area contributed by atoms with E-state index in [1.807, 2.05) is 13.8 Å². The fraction of sp³-hybridized carbons (Fsp3) is 0.273. The second-order valence-corrected chi connectivity index (χ2v) is 4.00. The number of hydrogen-bond acceptors (Lipinski definition) is 5. The van der Waals surface area contributed by atoms with E-state index in [9.17, 15) is 0 Å². The largest absolute Gasteiger partial charge is 0.417 e. The molecule has 2 aromatic heterocycles. The fourth-order valence-electron chi connectivity index (χ4n) is 1.52. The average molecular weight is 246 g/mol. The Balaban J connectivity index is 2.44. The molecule has 0 amide bonds. The summed E-state index contributed by atoms with van der Waals surface area (Å²) in [6.07, 6.45) is 0. The second-order valence-electron chi connectivity index (χ2n) is 4.00. The number of H-pyrrole nitrogens is 1. The molecule has 0 aliphatic carbocycles. The molecule has 2 rings (SSSR count). The third-order valence-corrected chi connectivity index (χ3v) is 2.58. The standard InChI is InChI=1S/C11H14N6O/c1-5-4-8(16-14-5)18-11-9(10(12)13)6(2)7(3)15-17-11/h4H,1-3H3,(H3,12,13)(H,14,16). The van der Waals surface area contributed by atoms with Gasteiger partial charge in [0.05, 0.1) is 11.3 Å². The van der Waals surface area contributed by atoms with Crippen molar-refractivity contribution in [1.29, 1.82) is 5.41 Å². The topological polar surface area (TPSA) is 114 Å². The highest BCUT2D eigenvalue weighted by atomic mass is 16.5. The molecule has 94 valence electrons. The van der Waals surface area contributed by atoms with E-state index < -0.39 is 0 Å². The predicted octanol–water partition coefficient (Wildman–Crippen LogP) is 1.20. The third-order valence-electron chi connectivity index (χ3n) is 2.58. The molecule has 0 spiro atoms. The SMILES string of the molecule is Cc1cc(Oc2nnc(C)c(C)c2C(=N)N)n[nH]1. The van der Waals surface area contributed by atoms with Crippen molar-refractivity contribution in [3.63, 3.8) is 0 Å². The summed E-state index contributed by atoms with van der Waals surface area (Å²) in [7, 11) is 0. The van der Waals surface area contributed by atoms with Gasteiger partial charge >= 0.3 is 0 Å². The molecule has 0 saturated heterocycles. The van der Waals surface area contributed by atoms with Crippen LogP contribution in [0.1, 0.15) is 22.5 Å². The Morgan fingerprint density at radius 3 is 2.61 bits per heavy atom. The zero-order valence-electron chi connectivity index (χ0n) is 10.4. The smallest absolute Gasteiger partial charge is 0.252 e. The molecule has 0 fully saturated rings. The van der Waals surface area contributed by atoms with Gasteiger partial charge < -0.3 is 10.5 Å². The molecule has 18 heavy (non-hydrogen) atoms. The quantitative estimate of drug-likeness (QED) is 0.556. The minimum atomic E-state index is -0.104. The Bertz CT molecular complexity index is 604. The second kappa shape index (κ2) is 4.44. The molecule has 0 aliphatic heterocycles. The maximum absolute atomic E-state index is 7.59. The van der Waals surface area contributed by atoms with Gasteiger partial charge in [0.25, 0.3) is 5.88 Å². The first-order chi connectivity index (χ1) is 8.49. The van der Waals surface area contributed by atoms with Crippen LogP contribution in [0.5, 0.6) is 11.8 Å². The van der Waals surface area contributed by atoms with Crippen molar-refractivity contribution in [2.45, 2.75) is 20.8 Å². The number of amidine groups is 1. The highest BCUT2D eigenvalue weighted by Crippen LogP contribution is 2.24. The van der Waals surface area contributed by atoms with Crippen LogP contribution in [0.2, 0.25) is 0 Å². The molecule has 7 nitrogen and oxygen atoms in total. The lowest BCUT2D eigenvalue weighted by molar-refractivity contribution is 0.434. The van der Waals surface area contributed by atoms with E-state index in [-0.39, 0.29) is 11.7 Å². The number of aromatic amines is 1. The molecular formula is C11H14N6O. The van der Waals surface area contributed by atoms with Crippen molar-refractivity contribution in [2.75, 3.05) is 0 Å². The Morgan fingerprint density at radius 2 is 2.06 bits per heavy atom. The van der Waals surface area contributed by atoms with Crippen LogP contribution < -0.4 is 10.5 Å². The number of aryl methyl sites for hydroxylation is 2. The van der Waals surface area contributed by atoms with Gasteiger partial charge in [0.2, 0.25) is 5.88 Å². The number of aromatic nitrogens is 4. The van der Waals surface area contributed by atoms with Gasteiger partial charge in [-0.25, -0.2) is 0 Å². The van der Waals surface area contributed by atoms with Crippen molar-refractivity contribution in [1.82, 2.24) is 20.4 Å². The van der Waals surface area contributed by atoms with Crippen LogP contribution in [0.25, 0.3) is 0 Å². The zero-order chi connectivity index (χ0) is 13.3. The molecule has 0 saturated carbocycles. The molecule has 7 heteroatoms. The van der Waals surface area contributed by atoms with E-state index in [4.69, 9.17) is 15.9 Å². The number of nitrogen functional groups attached to an aromatic ring is 1. The average Bonchev–Trinajstić information content (AvgIpc) is 2.69. The van der Waals surface area contributed by atoms with E-state index in [2.05, 4.69) is 20.4 Å². The zero-order valence-corrected chi connectivity index (χ0v) is 10.4. The molecule has 2 aromatic rings. The van der Waals surface area contributed by atoms with E-state index in [0.29, 0.717) is 17.1 Å². The Hall–Kier alpha value is -2.44. The number of nitrogens with zero attached hydrogens (tertiary/aromatic N) is 3. The summed E-state index contributed by atoms with van der Waals surface area (Å²) in [6, 6.07) is 1.72. The summed E-state index contributed by atoms with van der Waals surface area (Å²) in [4.78, 5) is 0. The highest BCUT2D eigenvalue weighted by Gasteiger charge is 2.16. The van der Waals surface area contributed by atoms with Gasteiger partial charge in [0.1, 0.15) is 5.84 Å². The first-order valence-corrected chi connectivity index (χ1v) is 5.37. The molecule has 0 atom stereocenters. The van der Waals surface area contributed by atoms with Crippen LogP contribution in [0.15, 0.2) is 6.07 Å². The van der Waals surface area contributed by atoms with Crippen LogP contribution in [-0.2, 0) is 0 Å². The Kier molecular flexibility index (Phi) is 2.97. The van der Waals surface area contributed by atoms with Crippen molar-refractivity contribution in [2.24, 2.45) is 5.73 Å². The summed E-state index contributed by atoms with van der Waals surface area (Å²) < 4.78 is 5.49. The summed E-state index contributed by atoms with van der Waals surface area (Å²) in [5.41, 5.74) is 8.36. The van der Waals surface area contributed by atoms with Crippen molar-refractivity contribution < 1.29 is 4.74 Å². The van der Waals surface area contributed by atoms with Crippen LogP contribution in [0.4, 0.5) is 0 Å². The van der Waals surface area contributed by atoms with Gasteiger partial charge in [-0.2, -0.15) is 5.10 Å². The number of ether oxygens (including phenoxy) is 1. The van der Waals surface area contributed by atoms with E-state index in [1.165, 1.54) is 0 Å². The van der Waals surface area contributed by atoms with E-state index in [1.54, 1.807) is 13.0 Å². The molecule has 4 N–H and O–H groups in total. The predicted molar refractivity (Wildman–Crippen MR) is 65.9 cm³/mol. The summed E-state index contributed by atoms with van der Waals surface area (Å²) in [5, 5.41) is 22.2. The van der Waals surface area contributed by atoms with Crippen molar-refractivity contribution in [3.8, 4) is 11.8 Å². The lowest BCUT2D eigenvalue weighted by Gasteiger charge is -2.10. The van der Waals surface area contributed by atoms with Gasteiger partial charge in [0.15, 0.2) is 0 Å². The number of nitrogens with one attached hydrogen (secondary N) is 2. The lowest BCUT2D eigenvalue weighted by atomic mass is 10.1. The van der Waals surface area contributed by atoms with Crippen LogP contribution in [-0.4, -0.2) is 26.2 Å². The van der Waals surface area contributed by atoms with Gasteiger partial charge in [-0.1, -0.05) is 0 Å². The van der Waals surface area contributed by atoms with Crippen LogP contribution >= 0.6 is 0 Å².